The van der Waals surface area contributed by atoms with Crippen molar-refractivity contribution < 1.29 is 0 Å². The normalized spacial score (nSPS) is 13.2. The Morgan fingerprint density at radius 1 is 1.05 bits per heavy atom. The molecule has 0 amide bonds. The lowest BCUT2D eigenvalue weighted by Gasteiger charge is -2.29. The summed E-state index contributed by atoms with van der Waals surface area (Å²) in [6.45, 7) is 13.0. The first-order valence-corrected chi connectivity index (χ1v) is 7.51. The van der Waals surface area contributed by atoms with Crippen LogP contribution in [-0.4, -0.2) is 19.6 Å². The summed E-state index contributed by atoms with van der Waals surface area (Å²) < 4.78 is 1.59. The van der Waals surface area contributed by atoms with E-state index in [9.17, 15) is 4.79 Å². The SMILES string of the molecule is CC(C)(C)c1cc2c(ccc3n[nH]c(=O)n32)nc1C(C)(C)C. The van der Waals surface area contributed by atoms with Gasteiger partial charge in [0.2, 0.25) is 0 Å². The molecule has 0 fully saturated rings. The number of hydrogen-bond donors (Lipinski definition) is 1. The number of fused-ring (bicyclic) bond motifs is 3. The highest BCUT2D eigenvalue weighted by Gasteiger charge is 2.27. The zero-order valence-electron chi connectivity index (χ0n) is 14.0. The van der Waals surface area contributed by atoms with Crippen LogP contribution in [0.5, 0.6) is 0 Å². The van der Waals surface area contributed by atoms with E-state index < -0.39 is 0 Å². The molecule has 0 aliphatic rings. The van der Waals surface area contributed by atoms with Crippen LogP contribution in [0.25, 0.3) is 16.7 Å². The highest BCUT2D eigenvalue weighted by molar-refractivity contribution is 5.79. The van der Waals surface area contributed by atoms with Crippen molar-refractivity contribution in [2.45, 2.75) is 52.4 Å². The Kier molecular flexibility index (Phi) is 2.96. The van der Waals surface area contributed by atoms with E-state index in [-0.39, 0.29) is 16.5 Å². The Bertz CT molecular complexity index is 920. The number of hydrogen-bond acceptors (Lipinski definition) is 3. The van der Waals surface area contributed by atoms with Crippen molar-refractivity contribution in [2.24, 2.45) is 0 Å². The topological polar surface area (TPSA) is 63.0 Å². The van der Waals surface area contributed by atoms with Gasteiger partial charge in [-0.1, -0.05) is 41.5 Å². The molecule has 0 saturated heterocycles. The van der Waals surface area contributed by atoms with Gasteiger partial charge in [-0.15, -0.1) is 0 Å². The van der Waals surface area contributed by atoms with Crippen molar-refractivity contribution in [2.75, 3.05) is 0 Å². The van der Waals surface area contributed by atoms with Crippen molar-refractivity contribution >= 4 is 16.7 Å². The fourth-order valence-electron chi connectivity index (χ4n) is 2.77. The van der Waals surface area contributed by atoms with Crippen LogP contribution in [0.4, 0.5) is 0 Å². The second-order valence-corrected chi connectivity index (χ2v) is 7.84. The first-order valence-electron chi connectivity index (χ1n) is 7.51. The summed E-state index contributed by atoms with van der Waals surface area (Å²) in [7, 11) is 0. The zero-order chi connectivity index (χ0) is 16.3. The highest BCUT2D eigenvalue weighted by atomic mass is 16.1. The highest BCUT2D eigenvalue weighted by Crippen LogP contribution is 2.34. The molecule has 0 aromatic carbocycles. The standard InChI is InChI=1S/C17H22N4O/c1-16(2,3)10-9-12-11(18-14(10)17(4,5)6)7-8-13-19-20-15(22)21(12)13/h7-9H,1-6H3,(H,20,22). The number of rotatable bonds is 0. The maximum Gasteiger partial charge on any atom is 0.348 e. The molecule has 0 unspecified atom stereocenters. The minimum Gasteiger partial charge on any atom is -0.250 e. The largest absolute Gasteiger partial charge is 0.348 e. The van der Waals surface area contributed by atoms with Crippen LogP contribution in [-0.2, 0) is 10.8 Å². The third kappa shape index (κ3) is 2.21. The summed E-state index contributed by atoms with van der Waals surface area (Å²) in [6.07, 6.45) is 0. The van der Waals surface area contributed by atoms with Gasteiger partial charge in [-0.3, -0.25) is 4.98 Å². The molecule has 22 heavy (non-hydrogen) atoms. The summed E-state index contributed by atoms with van der Waals surface area (Å²) in [5.74, 6) is 0. The van der Waals surface area contributed by atoms with Crippen LogP contribution in [0.15, 0.2) is 23.0 Å². The zero-order valence-corrected chi connectivity index (χ0v) is 14.0. The molecule has 0 atom stereocenters. The van der Waals surface area contributed by atoms with Crippen LogP contribution in [0.2, 0.25) is 0 Å². The molecule has 0 radical (unpaired) electrons. The lowest BCUT2D eigenvalue weighted by molar-refractivity contribution is 0.516. The molecule has 116 valence electrons. The minimum atomic E-state index is -0.231. The van der Waals surface area contributed by atoms with Gasteiger partial charge < -0.3 is 0 Å². The maximum absolute atomic E-state index is 12.1. The van der Waals surface area contributed by atoms with Crippen LogP contribution in [0.3, 0.4) is 0 Å². The van der Waals surface area contributed by atoms with Crippen molar-refractivity contribution in [1.29, 1.82) is 0 Å². The molecule has 3 rings (SSSR count). The molecule has 0 aliphatic carbocycles. The summed E-state index contributed by atoms with van der Waals surface area (Å²) in [5, 5.41) is 6.53. The van der Waals surface area contributed by atoms with E-state index in [2.05, 4.69) is 57.8 Å². The van der Waals surface area contributed by atoms with Gasteiger partial charge in [0.05, 0.1) is 16.7 Å². The van der Waals surface area contributed by atoms with Crippen LogP contribution in [0, 0.1) is 0 Å². The third-order valence-electron chi connectivity index (χ3n) is 3.88. The van der Waals surface area contributed by atoms with Crippen molar-refractivity contribution in [1.82, 2.24) is 19.6 Å². The maximum atomic E-state index is 12.1. The first kappa shape index (κ1) is 14.8. The van der Waals surface area contributed by atoms with Gasteiger partial charge in [0, 0.05) is 5.41 Å². The minimum absolute atomic E-state index is 0.0562. The fraction of sp³-hybridized carbons (Fsp3) is 0.471. The Balaban J connectivity index is 2.51. The Hall–Kier alpha value is -2.17. The van der Waals surface area contributed by atoms with E-state index in [1.807, 2.05) is 12.1 Å². The number of aromatic nitrogens is 4. The molecule has 0 bridgehead atoms. The van der Waals surface area contributed by atoms with Gasteiger partial charge >= 0.3 is 5.69 Å². The lowest BCUT2D eigenvalue weighted by atomic mass is 9.78. The van der Waals surface area contributed by atoms with E-state index in [1.54, 1.807) is 4.40 Å². The quantitative estimate of drug-likeness (QED) is 0.693. The summed E-state index contributed by atoms with van der Waals surface area (Å²) >= 11 is 0. The second-order valence-electron chi connectivity index (χ2n) is 7.84. The smallest absolute Gasteiger partial charge is 0.250 e. The number of H-pyrrole nitrogens is 1. The fourth-order valence-corrected chi connectivity index (χ4v) is 2.77. The lowest BCUT2D eigenvalue weighted by Crippen LogP contribution is -2.24. The van der Waals surface area contributed by atoms with Crippen molar-refractivity contribution in [3.63, 3.8) is 0 Å². The van der Waals surface area contributed by atoms with E-state index in [0.717, 1.165) is 22.3 Å². The second kappa shape index (κ2) is 4.41. The predicted octanol–water partition coefficient (Wildman–Crippen LogP) is 3.17. The summed E-state index contributed by atoms with van der Waals surface area (Å²) in [6, 6.07) is 5.83. The van der Waals surface area contributed by atoms with Gasteiger partial charge in [-0.2, -0.15) is 5.10 Å². The molecule has 0 aliphatic heterocycles. The van der Waals surface area contributed by atoms with E-state index in [1.165, 1.54) is 0 Å². The molecular formula is C17H22N4O. The Labute approximate surface area is 129 Å². The molecule has 3 heterocycles. The average Bonchev–Trinajstić information content (AvgIpc) is 2.77. The molecule has 3 aromatic heterocycles. The molecule has 5 heteroatoms. The Morgan fingerprint density at radius 2 is 1.73 bits per heavy atom. The first-order chi connectivity index (χ1) is 10.1. The van der Waals surface area contributed by atoms with E-state index >= 15 is 0 Å². The average molecular weight is 298 g/mol. The molecule has 1 N–H and O–H groups in total. The van der Waals surface area contributed by atoms with Gasteiger partial charge in [0.15, 0.2) is 5.65 Å². The monoisotopic (exact) mass is 298 g/mol. The predicted molar refractivity (Wildman–Crippen MR) is 88.5 cm³/mol. The number of pyridine rings is 2. The van der Waals surface area contributed by atoms with Gasteiger partial charge in [-0.05, 0) is 29.2 Å². The van der Waals surface area contributed by atoms with Crippen LogP contribution >= 0.6 is 0 Å². The third-order valence-corrected chi connectivity index (χ3v) is 3.88. The Morgan fingerprint density at radius 3 is 2.32 bits per heavy atom. The van der Waals surface area contributed by atoms with Crippen LogP contribution < -0.4 is 5.69 Å². The van der Waals surface area contributed by atoms with Gasteiger partial charge in [0.1, 0.15) is 0 Å². The summed E-state index contributed by atoms with van der Waals surface area (Å²) in [5.41, 5.74) is 4.11. The number of nitrogens with zero attached hydrogens (tertiary/aromatic N) is 3. The van der Waals surface area contributed by atoms with Crippen molar-refractivity contribution in [3.8, 4) is 0 Å². The van der Waals surface area contributed by atoms with Gasteiger partial charge in [-0.25, -0.2) is 14.3 Å². The van der Waals surface area contributed by atoms with Gasteiger partial charge in [0.25, 0.3) is 0 Å². The van der Waals surface area contributed by atoms with E-state index in [4.69, 9.17) is 4.98 Å². The number of nitrogens with one attached hydrogen (secondary N) is 1. The molecule has 0 spiro atoms. The molecular weight excluding hydrogens is 276 g/mol. The van der Waals surface area contributed by atoms with Crippen molar-refractivity contribution in [3.05, 3.63) is 39.9 Å². The van der Waals surface area contributed by atoms with Crippen LogP contribution in [0.1, 0.15) is 52.8 Å². The number of aromatic amines is 1. The molecule has 0 saturated carbocycles. The molecule has 5 nitrogen and oxygen atoms in total. The van der Waals surface area contributed by atoms with E-state index in [0.29, 0.717) is 5.65 Å². The molecule has 3 aromatic rings. The summed E-state index contributed by atoms with van der Waals surface area (Å²) in [4.78, 5) is 16.9.